The summed E-state index contributed by atoms with van der Waals surface area (Å²) in [5, 5.41) is 6.48. The van der Waals surface area contributed by atoms with Crippen molar-refractivity contribution in [2.75, 3.05) is 4.90 Å². The van der Waals surface area contributed by atoms with Crippen molar-refractivity contribution in [2.45, 2.75) is 0 Å². The fourth-order valence-electron chi connectivity index (χ4n) is 9.67. The van der Waals surface area contributed by atoms with Crippen LogP contribution in [0.3, 0.4) is 0 Å². The standard InChI is InChI=1S/C42H23BN4/c1-2-11-25-24(10-1)20-23-36-39(25)47-31-15-6-4-13-28(31)37-42(47)46(36)35-19-9-18-34-38(35)43(37)29-22-21-27-26-12-3-5-14-30(26)44-32-16-7-8-17-33(32)45(34)41(29)40(27)44/h1-23H. The summed E-state index contributed by atoms with van der Waals surface area (Å²) in [7, 11) is 0. The van der Waals surface area contributed by atoms with Gasteiger partial charge >= 0.3 is 0 Å². The second-order valence-corrected chi connectivity index (χ2v) is 13.3. The third kappa shape index (κ3) is 2.40. The molecule has 10 aromatic rings. The van der Waals surface area contributed by atoms with Gasteiger partial charge in [-0.3, -0.25) is 8.97 Å². The largest absolute Gasteiger partial charge is 0.307 e. The van der Waals surface area contributed by atoms with Crippen molar-refractivity contribution in [3.05, 3.63) is 140 Å². The summed E-state index contributed by atoms with van der Waals surface area (Å²) in [5.41, 5.74) is 18.1. The molecule has 0 bridgehead atoms. The zero-order valence-corrected chi connectivity index (χ0v) is 25.1. The SMILES string of the molecule is c1ccc2c(c1)N1c3cccc4c3B(c3ccc5c6ccccc6n-2c5c31)c1c2ccccc2n2c3c5ccccc5ccc3n-4c12. The molecule has 0 atom stereocenters. The number of benzene rings is 7. The van der Waals surface area contributed by atoms with E-state index in [-0.39, 0.29) is 6.71 Å². The number of anilines is 3. The van der Waals surface area contributed by atoms with Crippen LogP contribution in [0.25, 0.3) is 71.5 Å². The molecule has 3 aliphatic rings. The Bertz CT molecular complexity index is 3100. The molecule has 47 heavy (non-hydrogen) atoms. The van der Waals surface area contributed by atoms with Gasteiger partial charge in [-0.1, -0.05) is 97.1 Å². The van der Waals surface area contributed by atoms with E-state index in [9.17, 15) is 0 Å². The molecule has 5 heteroatoms. The third-order valence-corrected chi connectivity index (χ3v) is 11.3. The van der Waals surface area contributed by atoms with Gasteiger partial charge in [0.2, 0.25) is 0 Å². The fourth-order valence-corrected chi connectivity index (χ4v) is 9.67. The number of rotatable bonds is 0. The van der Waals surface area contributed by atoms with Crippen LogP contribution in [-0.2, 0) is 0 Å². The van der Waals surface area contributed by atoms with Gasteiger partial charge in [0.1, 0.15) is 5.65 Å². The first kappa shape index (κ1) is 23.2. The summed E-state index contributed by atoms with van der Waals surface area (Å²) in [6.07, 6.45) is 0. The van der Waals surface area contributed by atoms with Gasteiger partial charge in [0.05, 0.1) is 44.6 Å². The van der Waals surface area contributed by atoms with Crippen molar-refractivity contribution in [1.82, 2.24) is 13.5 Å². The predicted molar refractivity (Wildman–Crippen MR) is 196 cm³/mol. The molecule has 0 amide bonds. The van der Waals surface area contributed by atoms with Gasteiger partial charge in [0.25, 0.3) is 6.71 Å². The summed E-state index contributed by atoms with van der Waals surface area (Å²) < 4.78 is 7.63. The number of nitrogens with zero attached hydrogens (tertiary/aromatic N) is 4. The molecule has 3 aromatic heterocycles. The quantitative estimate of drug-likeness (QED) is 0.162. The average molecular weight is 594 g/mol. The highest BCUT2D eigenvalue weighted by molar-refractivity contribution is 7.01. The lowest BCUT2D eigenvalue weighted by molar-refractivity contribution is 1.11. The smallest absolute Gasteiger partial charge is 0.255 e. The number of imidazole rings is 1. The molecular formula is C42H23BN4. The number of hydrogen-bond donors (Lipinski definition) is 0. The van der Waals surface area contributed by atoms with Crippen molar-refractivity contribution in [3.63, 3.8) is 0 Å². The molecule has 0 radical (unpaired) electrons. The highest BCUT2D eigenvalue weighted by Crippen LogP contribution is 2.51. The van der Waals surface area contributed by atoms with E-state index >= 15 is 0 Å². The topological polar surface area (TPSA) is 17.5 Å². The summed E-state index contributed by atoms with van der Waals surface area (Å²) in [4.78, 5) is 2.57. The normalized spacial score (nSPS) is 13.9. The summed E-state index contributed by atoms with van der Waals surface area (Å²) in [5.74, 6) is 0. The van der Waals surface area contributed by atoms with Crippen LogP contribution in [0.5, 0.6) is 0 Å². The van der Waals surface area contributed by atoms with Gasteiger partial charge in [-0.2, -0.15) is 0 Å². The first-order valence-electron chi connectivity index (χ1n) is 16.4. The predicted octanol–water partition coefficient (Wildman–Crippen LogP) is 8.21. The maximum absolute atomic E-state index is 2.57. The average Bonchev–Trinajstić information content (AvgIpc) is 3.78. The lowest BCUT2D eigenvalue weighted by Crippen LogP contribution is -2.60. The van der Waals surface area contributed by atoms with E-state index in [1.165, 1.54) is 105 Å². The van der Waals surface area contributed by atoms with E-state index in [0.29, 0.717) is 0 Å². The van der Waals surface area contributed by atoms with Crippen LogP contribution in [0, 0.1) is 0 Å². The van der Waals surface area contributed by atoms with E-state index in [1.54, 1.807) is 0 Å². The lowest BCUT2D eigenvalue weighted by atomic mass is 9.34. The Kier molecular flexibility index (Phi) is 3.75. The van der Waals surface area contributed by atoms with E-state index < -0.39 is 0 Å². The number of hydrogen-bond acceptors (Lipinski definition) is 1. The molecule has 0 spiro atoms. The van der Waals surface area contributed by atoms with Crippen molar-refractivity contribution in [3.8, 4) is 11.4 Å². The second-order valence-electron chi connectivity index (χ2n) is 13.3. The lowest BCUT2D eigenvalue weighted by Gasteiger charge is -2.42. The van der Waals surface area contributed by atoms with Crippen LogP contribution in [0.4, 0.5) is 17.1 Å². The van der Waals surface area contributed by atoms with Crippen LogP contribution in [0.15, 0.2) is 140 Å². The van der Waals surface area contributed by atoms with Crippen LogP contribution < -0.4 is 21.3 Å². The van der Waals surface area contributed by atoms with Crippen LogP contribution >= 0.6 is 0 Å². The molecule has 0 saturated carbocycles. The molecule has 214 valence electrons. The van der Waals surface area contributed by atoms with Gasteiger partial charge in [0, 0.05) is 27.5 Å². The maximum Gasteiger partial charge on any atom is 0.255 e. The van der Waals surface area contributed by atoms with E-state index in [2.05, 4.69) is 158 Å². The first-order chi connectivity index (χ1) is 23.4. The molecular weight excluding hydrogens is 571 g/mol. The Morgan fingerprint density at radius 3 is 2.04 bits per heavy atom. The van der Waals surface area contributed by atoms with Crippen molar-refractivity contribution in [2.24, 2.45) is 0 Å². The van der Waals surface area contributed by atoms with Crippen molar-refractivity contribution < 1.29 is 0 Å². The highest BCUT2D eigenvalue weighted by Gasteiger charge is 2.46. The first-order valence-corrected chi connectivity index (χ1v) is 16.4. The Labute approximate surface area is 269 Å². The van der Waals surface area contributed by atoms with Crippen LogP contribution in [0.1, 0.15) is 0 Å². The molecule has 0 N–H and O–H groups in total. The van der Waals surface area contributed by atoms with E-state index in [4.69, 9.17) is 0 Å². The summed E-state index contributed by atoms with van der Waals surface area (Å²) >= 11 is 0. The molecule has 3 aliphatic heterocycles. The van der Waals surface area contributed by atoms with Crippen LogP contribution in [0.2, 0.25) is 0 Å². The molecule has 0 aliphatic carbocycles. The van der Waals surface area contributed by atoms with Gasteiger partial charge in [-0.05, 0) is 69.6 Å². The van der Waals surface area contributed by atoms with Gasteiger partial charge in [-0.25, -0.2) is 0 Å². The van der Waals surface area contributed by atoms with Crippen molar-refractivity contribution >= 4 is 100 Å². The Morgan fingerprint density at radius 1 is 0.404 bits per heavy atom. The minimum Gasteiger partial charge on any atom is -0.307 e. The summed E-state index contributed by atoms with van der Waals surface area (Å²) in [6.45, 7) is 0.0894. The Hall–Kier alpha value is -6.20. The molecule has 0 saturated heterocycles. The van der Waals surface area contributed by atoms with Crippen molar-refractivity contribution in [1.29, 1.82) is 0 Å². The van der Waals surface area contributed by atoms with E-state index in [0.717, 1.165) is 0 Å². The van der Waals surface area contributed by atoms with Gasteiger partial charge in [0.15, 0.2) is 0 Å². The fraction of sp³-hybridized carbons (Fsp3) is 0. The molecule has 0 unspecified atom stereocenters. The Morgan fingerprint density at radius 2 is 1.13 bits per heavy atom. The van der Waals surface area contributed by atoms with Gasteiger partial charge in [-0.15, -0.1) is 0 Å². The molecule has 6 heterocycles. The maximum atomic E-state index is 2.57. The minimum absolute atomic E-state index is 0.0894. The van der Waals surface area contributed by atoms with Gasteiger partial charge < -0.3 is 9.47 Å². The zero-order chi connectivity index (χ0) is 30.1. The molecule has 7 aromatic carbocycles. The molecule has 4 nitrogen and oxygen atoms in total. The number of aromatic nitrogens is 3. The summed E-state index contributed by atoms with van der Waals surface area (Å²) in [6, 6.07) is 52.1. The highest BCUT2D eigenvalue weighted by atomic mass is 15.2. The number of para-hydroxylation sites is 4. The zero-order valence-electron chi connectivity index (χ0n) is 25.1. The Balaban J connectivity index is 1.30. The molecule has 13 rings (SSSR count). The second kappa shape index (κ2) is 7.60. The third-order valence-electron chi connectivity index (χ3n) is 11.3. The minimum atomic E-state index is 0.0894. The van der Waals surface area contributed by atoms with Crippen LogP contribution in [-0.4, -0.2) is 20.2 Å². The monoisotopic (exact) mass is 594 g/mol. The van der Waals surface area contributed by atoms with E-state index in [1.807, 2.05) is 0 Å². The molecule has 0 fully saturated rings. The number of fused-ring (bicyclic) bond motifs is 18.